The number of nitrogens with zero attached hydrogens (tertiary/aromatic N) is 3. The van der Waals surface area contributed by atoms with E-state index in [-0.39, 0.29) is 12.7 Å². The summed E-state index contributed by atoms with van der Waals surface area (Å²) in [4.78, 5) is 21.7. The van der Waals surface area contributed by atoms with Crippen molar-refractivity contribution in [2.75, 3.05) is 19.7 Å². The first-order valence-electron chi connectivity index (χ1n) is 8.77. The van der Waals surface area contributed by atoms with Crippen molar-refractivity contribution < 1.29 is 19.7 Å². The summed E-state index contributed by atoms with van der Waals surface area (Å²) in [6.45, 7) is 1.93. The second kappa shape index (κ2) is 8.73. The van der Waals surface area contributed by atoms with E-state index < -0.39 is 5.97 Å². The molecule has 2 aromatic rings. The molecule has 0 amide bonds. The van der Waals surface area contributed by atoms with E-state index in [9.17, 15) is 9.90 Å². The second-order valence-corrected chi connectivity index (χ2v) is 6.44. The van der Waals surface area contributed by atoms with E-state index in [0.717, 1.165) is 43.5 Å². The lowest BCUT2D eigenvalue weighted by Gasteiger charge is -2.22. The molecular weight excluding hydrogens is 334 g/mol. The van der Waals surface area contributed by atoms with Crippen LogP contribution in [0.25, 0.3) is 11.4 Å². The van der Waals surface area contributed by atoms with Crippen molar-refractivity contribution in [1.29, 1.82) is 0 Å². The van der Waals surface area contributed by atoms with Crippen LogP contribution in [0.4, 0.5) is 0 Å². The van der Waals surface area contributed by atoms with Crippen LogP contribution in [-0.2, 0) is 11.3 Å². The van der Waals surface area contributed by atoms with Crippen LogP contribution in [0.2, 0.25) is 0 Å². The van der Waals surface area contributed by atoms with Gasteiger partial charge >= 0.3 is 5.97 Å². The quantitative estimate of drug-likeness (QED) is 0.816. The number of likely N-dealkylation sites (tertiary alicyclic amines) is 1. The van der Waals surface area contributed by atoms with Crippen molar-refractivity contribution in [2.24, 2.45) is 0 Å². The molecule has 0 saturated carbocycles. The Labute approximate surface area is 152 Å². The summed E-state index contributed by atoms with van der Waals surface area (Å²) in [5.74, 6) is 0.158. The lowest BCUT2D eigenvalue weighted by molar-refractivity contribution is -0.139. The third-order valence-corrected chi connectivity index (χ3v) is 4.42. The van der Waals surface area contributed by atoms with Gasteiger partial charge in [0.2, 0.25) is 0 Å². The smallest absolute Gasteiger partial charge is 0.341 e. The fourth-order valence-electron chi connectivity index (χ4n) is 3.11. The first-order valence-corrected chi connectivity index (χ1v) is 8.77. The summed E-state index contributed by atoms with van der Waals surface area (Å²) in [5, 5.41) is 18.7. The molecule has 0 aliphatic carbocycles. The van der Waals surface area contributed by atoms with Crippen molar-refractivity contribution in [3.63, 3.8) is 0 Å². The summed E-state index contributed by atoms with van der Waals surface area (Å²) >= 11 is 0. The van der Waals surface area contributed by atoms with Gasteiger partial charge < -0.3 is 14.9 Å². The Morgan fingerprint density at radius 1 is 1.23 bits per heavy atom. The fraction of sp³-hybridized carbons (Fsp3) is 0.421. The van der Waals surface area contributed by atoms with Crippen LogP contribution in [0, 0.1) is 0 Å². The number of benzene rings is 1. The highest BCUT2D eigenvalue weighted by Gasteiger charge is 2.17. The zero-order chi connectivity index (χ0) is 18.4. The Bertz CT molecular complexity index is 739. The van der Waals surface area contributed by atoms with E-state index in [2.05, 4.69) is 14.9 Å². The van der Waals surface area contributed by atoms with Crippen LogP contribution < -0.4 is 4.74 Å². The lowest BCUT2D eigenvalue weighted by atomic mass is 10.1. The van der Waals surface area contributed by atoms with Gasteiger partial charge in [0.15, 0.2) is 12.4 Å². The number of aliphatic carboxylic acids is 1. The van der Waals surface area contributed by atoms with Crippen LogP contribution >= 0.6 is 0 Å². The molecule has 3 rings (SSSR count). The number of carboxylic acid groups (broad SMARTS) is 1. The van der Waals surface area contributed by atoms with Crippen LogP contribution in [-0.4, -0.2) is 56.9 Å². The van der Waals surface area contributed by atoms with E-state index in [0.29, 0.717) is 18.1 Å². The fourth-order valence-corrected chi connectivity index (χ4v) is 3.11. The molecule has 1 aliphatic heterocycles. The largest absolute Gasteiger partial charge is 0.482 e. The Morgan fingerprint density at radius 3 is 2.81 bits per heavy atom. The minimum Gasteiger partial charge on any atom is -0.482 e. The van der Waals surface area contributed by atoms with Crippen molar-refractivity contribution in [1.82, 2.24) is 14.9 Å². The molecule has 7 nitrogen and oxygen atoms in total. The van der Waals surface area contributed by atoms with Gasteiger partial charge in [0, 0.05) is 36.6 Å². The van der Waals surface area contributed by atoms with Gasteiger partial charge in [-0.1, -0.05) is 0 Å². The summed E-state index contributed by atoms with van der Waals surface area (Å²) in [6.07, 6.45) is 5.63. The Kier molecular flexibility index (Phi) is 6.14. The molecule has 0 unspecified atom stereocenters. The molecule has 7 heteroatoms. The summed E-state index contributed by atoms with van der Waals surface area (Å²) < 4.78 is 5.47. The number of aliphatic hydroxyl groups is 1. The van der Waals surface area contributed by atoms with Crippen molar-refractivity contribution >= 4 is 5.97 Å². The molecule has 1 aliphatic rings. The maximum absolute atomic E-state index is 10.9. The molecule has 2 heterocycles. The Balaban J connectivity index is 1.84. The van der Waals surface area contributed by atoms with Gasteiger partial charge in [-0.2, -0.15) is 0 Å². The number of carbonyl (C=O) groups is 1. The lowest BCUT2D eigenvalue weighted by Crippen LogP contribution is -2.25. The molecule has 1 aromatic carbocycles. The average molecular weight is 357 g/mol. The van der Waals surface area contributed by atoms with Crippen molar-refractivity contribution in [3.8, 4) is 17.1 Å². The van der Waals surface area contributed by atoms with E-state index in [4.69, 9.17) is 9.84 Å². The zero-order valence-corrected chi connectivity index (χ0v) is 14.5. The predicted octanol–water partition coefficient (Wildman–Crippen LogP) is 1.95. The summed E-state index contributed by atoms with van der Waals surface area (Å²) in [6, 6.07) is 7.32. The van der Waals surface area contributed by atoms with E-state index in [1.54, 1.807) is 24.5 Å². The van der Waals surface area contributed by atoms with Gasteiger partial charge in [-0.15, -0.1) is 0 Å². The summed E-state index contributed by atoms with van der Waals surface area (Å²) in [7, 11) is 0. The number of hydrogen-bond donors (Lipinski definition) is 2. The maximum Gasteiger partial charge on any atom is 0.341 e. The average Bonchev–Trinajstić information content (AvgIpc) is 2.85. The molecule has 26 heavy (non-hydrogen) atoms. The van der Waals surface area contributed by atoms with E-state index in [1.165, 1.54) is 0 Å². The van der Waals surface area contributed by atoms with E-state index >= 15 is 0 Å². The SMILES string of the molecule is O=C(O)COc1ccc(-c2ncccn2)cc1CN1CCC[C@H](O)CC1. The maximum atomic E-state index is 10.9. The molecule has 1 fully saturated rings. The molecule has 0 spiro atoms. The molecule has 0 radical (unpaired) electrons. The number of hydrogen-bond acceptors (Lipinski definition) is 6. The number of aliphatic hydroxyl groups excluding tert-OH is 1. The van der Waals surface area contributed by atoms with Gasteiger partial charge in [-0.05, 0) is 50.1 Å². The minimum atomic E-state index is -1.01. The number of carboxylic acids is 1. The molecule has 1 aromatic heterocycles. The van der Waals surface area contributed by atoms with Crippen LogP contribution in [0.15, 0.2) is 36.7 Å². The van der Waals surface area contributed by atoms with Crippen molar-refractivity contribution in [3.05, 3.63) is 42.2 Å². The second-order valence-electron chi connectivity index (χ2n) is 6.44. The number of aromatic nitrogens is 2. The molecule has 138 valence electrons. The number of rotatable bonds is 6. The normalized spacial score (nSPS) is 18.3. The van der Waals surface area contributed by atoms with Gasteiger partial charge in [0.25, 0.3) is 0 Å². The molecule has 0 bridgehead atoms. The van der Waals surface area contributed by atoms with Crippen molar-refractivity contribution in [2.45, 2.75) is 31.9 Å². The van der Waals surface area contributed by atoms with Gasteiger partial charge in [0.1, 0.15) is 5.75 Å². The minimum absolute atomic E-state index is 0.244. The first kappa shape index (κ1) is 18.3. The van der Waals surface area contributed by atoms with E-state index in [1.807, 2.05) is 12.1 Å². The molecule has 1 atom stereocenters. The third-order valence-electron chi connectivity index (χ3n) is 4.42. The van der Waals surface area contributed by atoms with Crippen LogP contribution in [0.3, 0.4) is 0 Å². The standard InChI is InChI=1S/C19H23N3O4/c23-16-3-1-9-22(10-6-16)12-15-11-14(19-20-7-2-8-21-19)4-5-17(15)26-13-18(24)25/h2,4-5,7-8,11,16,23H,1,3,6,9-10,12-13H2,(H,24,25)/t16-/m0/s1. The van der Waals surface area contributed by atoms with Gasteiger partial charge in [-0.3, -0.25) is 4.90 Å². The number of ether oxygens (including phenoxy) is 1. The monoisotopic (exact) mass is 357 g/mol. The third kappa shape index (κ3) is 5.00. The molecule has 2 N–H and O–H groups in total. The van der Waals surface area contributed by atoms with Crippen LogP contribution in [0.5, 0.6) is 5.75 Å². The highest BCUT2D eigenvalue weighted by atomic mass is 16.5. The highest BCUT2D eigenvalue weighted by molar-refractivity contribution is 5.68. The molecule has 1 saturated heterocycles. The highest BCUT2D eigenvalue weighted by Crippen LogP contribution is 2.27. The van der Waals surface area contributed by atoms with Crippen LogP contribution in [0.1, 0.15) is 24.8 Å². The first-order chi connectivity index (χ1) is 12.6. The van der Waals surface area contributed by atoms with Gasteiger partial charge in [0.05, 0.1) is 6.10 Å². The zero-order valence-electron chi connectivity index (χ0n) is 14.5. The summed E-state index contributed by atoms with van der Waals surface area (Å²) in [5.41, 5.74) is 1.76. The molecular formula is C19H23N3O4. The van der Waals surface area contributed by atoms with Gasteiger partial charge in [-0.25, -0.2) is 14.8 Å². The Hall–Kier alpha value is -2.51. The Morgan fingerprint density at radius 2 is 2.04 bits per heavy atom. The predicted molar refractivity (Wildman–Crippen MR) is 95.7 cm³/mol. The topological polar surface area (TPSA) is 95.8 Å².